The molecule has 1 saturated heterocycles. The Morgan fingerprint density at radius 1 is 0.929 bits per heavy atom. The van der Waals surface area contributed by atoms with Crippen molar-refractivity contribution in [2.75, 3.05) is 12.3 Å². The average Bonchev–Trinajstić information content (AvgIpc) is 2.20. The minimum atomic E-state index is -1.24. The van der Waals surface area contributed by atoms with Crippen LogP contribution < -0.4 is 17.7 Å². The third kappa shape index (κ3) is 2.63. The van der Waals surface area contributed by atoms with Gasteiger partial charge in [-0.05, 0) is 31.4 Å². The predicted octanol–water partition coefficient (Wildman–Crippen LogP) is 0.671. The van der Waals surface area contributed by atoms with Gasteiger partial charge in [-0.3, -0.25) is 0 Å². The summed E-state index contributed by atoms with van der Waals surface area (Å²) in [5.41, 5.74) is 0. The van der Waals surface area contributed by atoms with Crippen molar-refractivity contribution in [2.24, 2.45) is 0 Å². The van der Waals surface area contributed by atoms with Crippen LogP contribution in [0.1, 0.15) is 19.3 Å². The molecular formula is C11H15Cl2P. The van der Waals surface area contributed by atoms with E-state index in [2.05, 4.69) is 30.3 Å². The lowest BCUT2D eigenvalue weighted by Crippen LogP contribution is -3.00. The quantitative estimate of drug-likeness (QED) is 0.642. The lowest BCUT2D eigenvalue weighted by atomic mass is 10.3. The van der Waals surface area contributed by atoms with Crippen LogP contribution in [-0.4, -0.2) is 12.3 Å². The molecule has 0 unspecified atom stereocenters. The van der Waals surface area contributed by atoms with E-state index in [0.29, 0.717) is 0 Å². The second kappa shape index (κ2) is 5.35. The number of benzene rings is 1. The molecule has 0 aromatic heterocycles. The van der Waals surface area contributed by atoms with Crippen molar-refractivity contribution in [3.63, 3.8) is 0 Å². The van der Waals surface area contributed by atoms with Crippen LogP contribution in [0.2, 0.25) is 0 Å². The predicted molar refractivity (Wildman–Crippen MR) is 62.4 cm³/mol. The largest absolute Gasteiger partial charge is 1.00 e. The van der Waals surface area contributed by atoms with Crippen molar-refractivity contribution in [3.05, 3.63) is 30.3 Å². The van der Waals surface area contributed by atoms with Crippen LogP contribution in [0.3, 0.4) is 0 Å². The SMILES string of the molecule is Cl[P+]1(c2ccccc2)CCCCC1.[Cl-]. The van der Waals surface area contributed by atoms with E-state index in [4.69, 9.17) is 11.2 Å². The van der Waals surface area contributed by atoms with Crippen molar-refractivity contribution in [2.45, 2.75) is 19.3 Å². The molecule has 78 valence electrons. The second-order valence-corrected chi connectivity index (χ2v) is 8.79. The maximum absolute atomic E-state index is 6.71. The van der Waals surface area contributed by atoms with E-state index in [-0.39, 0.29) is 12.4 Å². The molecule has 0 N–H and O–H groups in total. The van der Waals surface area contributed by atoms with Gasteiger partial charge < -0.3 is 12.4 Å². The summed E-state index contributed by atoms with van der Waals surface area (Å²) in [7, 11) is 0. The van der Waals surface area contributed by atoms with E-state index >= 15 is 0 Å². The van der Waals surface area contributed by atoms with Gasteiger partial charge in [-0.25, -0.2) is 0 Å². The summed E-state index contributed by atoms with van der Waals surface area (Å²) >= 11 is 6.71. The summed E-state index contributed by atoms with van der Waals surface area (Å²) in [6.45, 7) is -1.24. The van der Waals surface area contributed by atoms with Crippen molar-refractivity contribution < 1.29 is 12.4 Å². The number of hydrogen-bond donors (Lipinski definition) is 0. The Morgan fingerprint density at radius 2 is 1.50 bits per heavy atom. The van der Waals surface area contributed by atoms with Gasteiger partial charge in [0.05, 0.1) is 23.6 Å². The molecule has 0 radical (unpaired) electrons. The molecule has 1 fully saturated rings. The molecule has 1 aromatic rings. The summed E-state index contributed by atoms with van der Waals surface area (Å²) in [6.07, 6.45) is 6.52. The highest BCUT2D eigenvalue weighted by Crippen LogP contribution is 2.65. The highest BCUT2D eigenvalue weighted by Gasteiger charge is 2.39. The van der Waals surface area contributed by atoms with E-state index in [1.807, 2.05) is 0 Å². The van der Waals surface area contributed by atoms with Crippen molar-refractivity contribution in [1.82, 2.24) is 0 Å². The topological polar surface area (TPSA) is 0 Å². The van der Waals surface area contributed by atoms with Gasteiger partial charge >= 0.3 is 0 Å². The molecule has 1 heterocycles. The first kappa shape index (κ1) is 12.3. The Kier molecular flexibility index (Phi) is 4.70. The Bertz CT molecular complexity index is 268. The number of halogens is 2. The van der Waals surface area contributed by atoms with E-state index < -0.39 is 6.62 Å². The minimum absolute atomic E-state index is 0. The monoisotopic (exact) mass is 248 g/mol. The maximum atomic E-state index is 6.71. The normalized spacial score (nSPS) is 19.8. The second-order valence-electron chi connectivity index (χ2n) is 3.71. The first-order valence-corrected chi connectivity index (χ1v) is 8.00. The average molecular weight is 249 g/mol. The fourth-order valence-electron chi connectivity index (χ4n) is 1.97. The molecule has 0 bridgehead atoms. The molecule has 0 nitrogen and oxygen atoms in total. The van der Waals surface area contributed by atoms with Gasteiger partial charge in [0.25, 0.3) is 0 Å². The molecule has 1 aliphatic heterocycles. The van der Waals surface area contributed by atoms with Crippen LogP contribution in [0.25, 0.3) is 0 Å². The highest BCUT2D eigenvalue weighted by molar-refractivity contribution is 8.04. The van der Waals surface area contributed by atoms with E-state index in [9.17, 15) is 0 Å². The lowest BCUT2D eigenvalue weighted by Gasteiger charge is -2.22. The Hall–Kier alpha value is 0.230. The van der Waals surface area contributed by atoms with Crippen molar-refractivity contribution >= 4 is 23.2 Å². The summed E-state index contributed by atoms with van der Waals surface area (Å²) in [5, 5.41) is 1.41. The molecule has 1 aromatic carbocycles. The summed E-state index contributed by atoms with van der Waals surface area (Å²) in [6, 6.07) is 10.7. The first-order chi connectivity index (χ1) is 6.31. The Labute approximate surface area is 97.6 Å². The maximum Gasteiger partial charge on any atom is 0.146 e. The molecule has 0 atom stereocenters. The molecule has 0 aliphatic carbocycles. The Balaban J connectivity index is 0.000000980. The van der Waals surface area contributed by atoms with Gasteiger partial charge in [0, 0.05) is 0 Å². The first-order valence-electron chi connectivity index (χ1n) is 4.94. The zero-order valence-electron chi connectivity index (χ0n) is 8.13. The van der Waals surface area contributed by atoms with E-state index in [1.54, 1.807) is 0 Å². The van der Waals surface area contributed by atoms with Crippen LogP contribution in [0.15, 0.2) is 30.3 Å². The minimum Gasteiger partial charge on any atom is -1.00 e. The lowest BCUT2D eigenvalue weighted by molar-refractivity contribution is -0.00000256. The molecule has 1 aliphatic rings. The molecular weight excluding hydrogens is 234 g/mol. The van der Waals surface area contributed by atoms with Crippen molar-refractivity contribution in [3.8, 4) is 0 Å². The van der Waals surface area contributed by atoms with Crippen LogP contribution in [0.4, 0.5) is 0 Å². The van der Waals surface area contributed by atoms with Crippen LogP contribution >= 0.6 is 17.9 Å². The van der Waals surface area contributed by atoms with E-state index in [0.717, 1.165) is 0 Å². The van der Waals surface area contributed by atoms with Crippen LogP contribution in [0.5, 0.6) is 0 Å². The molecule has 2 rings (SSSR count). The smallest absolute Gasteiger partial charge is 0.146 e. The van der Waals surface area contributed by atoms with Crippen LogP contribution in [-0.2, 0) is 0 Å². The molecule has 0 saturated carbocycles. The molecule has 0 spiro atoms. The number of rotatable bonds is 1. The standard InChI is InChI=1S/C11H15ClP.ClH/c12-13(9-5-2-6-10-13)11-7-3-1-4-8-11;/h1,3-4,7-8H,2,5-6,9-10H2;1H/q+1;/p-1. The van der Waals surface area contributed by atoms with Crippen LogP contribution in [0, 0.1) is 0 Å². The van der Waals surface area contributed by atoms with Gasteiger partial charge in [0.1, 0.15) is 11.9 Å². The zero-order chi connectivity index (χ0) is 9.15. The fourth-order valence-corrected chi connectivity index (χ4v) is 5.92. The summed E-state index contributed by atoms with van der Waals surface area (Å²) < 4.78 is 0. The number of hydrogen-bond acceptors (Lipinski definition) is 0. The summed E-state index contributed by atoms with van der Waals surface area (Å²) in [5.74, 6) is 0. The van der Waals surface area contributed by atoms with Gasteiger partial charge in [-0.15, -0.1) is 0 Å². The van der Waals surface area contributed by atoms with Gasteiger partial charge in [-0.2, -0.15) is 0 Å². The molecule has 14 heavy (non-hydrogen) atoms. The third-order valence-corrected chi connectivity index (χ3v) is 7.62. The van der Waals surface area contributed by atoms with Gasteiger partial charge in [-0.1, -0.05) is 18.2 Å². The molecule has 3 heteroatoms. The fraction of sp³-hybridized carbons (Fsp3) is 0.455. The highest BCUT2D eigenvalue weighted by atomic mass is 35.7. The van der Waals surface area contributed by atoms with E-state index in [1.165, 1.54) is 36.9 Å². The molecule has 0 amide bonds. The Morgan fingerprint density at radius 3 is 2.07 bits per heavy atom. The third-order valence-electron chi connectivity index (χ3n) is 2.74. The van der Waals surface area contributed by atoms with Gasteiger partial charge in [0.15, 0.2) is 0 Å². The zero-order valence-corrected chi connectivity index (χ0v) is 10.5. The summed E-state index contributed by atoms with van der Waals surface area (Å²) in [4.78, 5) is 0. The van der Waals surface area contributed by atoms with Crippen molar-refractivity contribution in [1.29, 1.82) is 0 Å². The van der Waals surface area contributed by atoms with Gasteiger partial charge in [0.2, 0.25) is 0 Å².